The van der Waals surface area contributed by atoms with Gasteiger partial charge in [-0.3, -0.25) is 4.79 Å². The molecule has 74 valence electrons. The third kappa shape index (κ3) is 1.73. The van der Waals surface area contributed by atoms with Crippen LogP contribution in [0.2, 0.25) is 0 Å². The quantitative estimate of drug-likeness (QED) is 0.674. The Balaban J connectivity index is 2.40. The number of carbonyl (C=O) groups is 1. The second kappa shape index (κ2) is 3.36. The molecule has 0 saturated heterocycles. The lowest BCUT2D eigenvalue weighted by Crippen LogP contribution is -2.13. The van der Waals surface area contributed by atoms with Crippen molar-refractivity contribution < 1.29 is 4.79 Å². The molecule has 1 aliphatic rings. The summed E-state index contributed by atoms with van der Waals surface area (Å²) >= 11 is 0. The van der Waals surface area contributed by atoms with Crippen LogP contribution in [0.5, 0.6) is 0 Å². The Morgan fingerprint density at radius 2 is 2.14 bits per heavy atom. The molecule has 1 aliphatic carbocycles. The van der Waals surface area contributed by atoms with E-state index in [0.29, 0.717) is 11.6 Å². The van der Waals surface area contributed by atoms with Gasteiger partial charge in [0, 0.05) is 26.1 Å². The maximum atomic E-state index is 10.7. The Labute approximate surface area is 83.0 Å². The average Bonchev–Trinajstić information content (AvgIpc) is 3.00. The Kier molecular flexibility index (Phi) is 2.19. The van der Waals surface area contributed by atoms with Gasteiger partial charge in [0.1, 0.15) is 17.3 Å². The van der Waals surface area contributed by atoms with Crippen LogP contribution in [0.1, 0.15) is 35.1 Å². The molecule has 1 aromatic heterocycles. The summed E-state index contributed by atoms with van der Waals surface area (Å²) in [4.78, 5) is 21.1. The second-order valence-electron chi connectivity index (χ2n) is 3.80. The number of carbonyl (C=O) groups excluding carboxylic acids is 1. The van der Waals surface area contributed by atoms with E-state index >= 15 is 0 Å². The van der Waals surface area contributed by atoms with Crippen molar-refractivity contribution in [3.05, 3.63) is 17.6 Å². The monoisotopic (exact) mass is 191 g/mol. The van der Waals surface area contributed by atoms with Gasteiger partial charge in [-0.2, -0.15) is 0 Å². The van der Waals surface area contributed by atoms with Crippen LogP contribution in [0, 0.1) is 0 Å². The van der Waals surface area contributed by atoms with Crippen LogP contribution < -0.4 is 4.90 Å². The van der Waals surface area contributed by atoms with E-state index in [1.54, 1.807) is 6.07 Å². The predicted octanol–water partition coefficient (Wildman–Crippen LogP) is 1.23. The van der Waals surface area contributed by atoms with E-state index in [2.05, 4.69) is 9.97 Å². The summed E-state index contributed by atoms with van der Waals surface area (Å²) in [5.41, 5.74) is 0.477. The zero-order chi connectivity index (χ0) is 10.1. The third-order valence-electron chi connectivity index (χ3n) is 2.27. The first-order valence-corrected chi connectivity index (χ1v) is 4.72. The molecule has 0 aromatic carbocycles. The van der Waals surface area contributed by atoms with Crippen LogP contribution in [-0.4, -0.2) is 30.3 Å². The molecule has 4 heteroatoms. The molecule has 1 aromatic rings. The standard InChI is InChI=1S/C10H13N3O/c1-13(2)9-5-8(6-14)11-10(12-9)7-3-4-7/h5-7H,3-4H2,1-2H3. The van der Waals surface area contributed by atoms with Crippen molar-refractivity contribution in [1.82, 2.24) is 9.97 Å². The highest BCUT2D eigenvalue weighted by molar-refractivity contribution is 5.73. The molecule has 1 heterocycles. The first-order chi connectivity index (χ1) is 6.70. The molecule has 2 rings (SSSR count). The normalized spacial score (nSPS) is 15.3. The van der Waals surface area contributed by atoms with Crippen molar-refractivity contribution in [2.24, 2.45) is 0 Å². The molecule has 0 spiro atoms. The molecule has 0 amide bonds. The molecular weight excluding hydrogens is 178 g/mol. The van der Waals surface area contributed by atoms with E-state index in [1.165, 1.54) is 0 Å². The summed E-state index contributed by atoms with van der Waals surface area (Å²) in [5.74, 6) is 2.11. The highest BCUT2D eigenvalue weighted by atomic mass is 16.1. The van der Waals surface area contributed by atoms with Gasteiger partial charge in [-0.1, -0.05) is 0 Å². The Hall–Kier alpha value is -1.45. The fourth-order valence-electron chi connectivity index (χ4n) is 1.29. The van der Waals surface area contributed by atoms with Crippen LogP contribution in [0.25, 0.3) is 0 Å². The van der Waals surface area contributed by atoms with E-state index in [-0.39, 0.29) is 0 Å². The first-order valence-electron chi connectivity index (χ1n) is 4.72. The Morgan fingerprint density at radius 1 is 1.43 bits per heavy atom. The third-order valence-corrected chi connectivity index (χ3v) is 2.27. The molecule has 4 nitrogen and oxygen atoms in total. The molecular formula is C10H13N3O. The van der Waals surface area contributed by atoms with Gasteiger partial charge in [0.15, 0.2) is 6.29 Å². The average molecular weight is 191 g/mol. The largest absolute Gasteiger partial charge is 0.363 e. The van der Waals surface area contributed by atoms with Crippen molar-refractivity contribution >= 4 is 12.1 Å². The van der Waals surface area contributed by atoms with Crippen LogP contribution >= 0.6 is 0 Å². The minimum absolute atomic E-state index is 0.477. The highest BCUT2D eigenvalue weighted by Gasteiger charge is 2.27. The van der Waals surface area contributed by atoms with Crippen molar-refractivity contribution in [3.8, 4) is 0 Å². The maximum absolute atomic E-state index is 10.7. The van der Waals surface area contributed by atoms with E-state index in [1.807, 2.05) is 19.0 Å². The summed E-state index contributed by atoms with van der Waals surface area (Å²) in [6.07, 6.45) is 3.07. The molecule has 1 fully saturated rings. The number of aromatic nitrogens is 2. The molecule has 0 aliphatic heterocycles. The van der Waals surface area contributed by atoms with Gasteiger partial charge >= 0.3 is 0 Å². The first kappa shape index (κ1) is 9.12. The minimum Gasteiger partial charge on any atom is -0.363 e. The summed E-state index contributed by atoms with van der Waals surface area (Å²) in [6.45, 7) is 0. The zero-order valence-electron chi connectivity index (χ0n) is 8.40. The summed E-state index contributed by atoms with van der Waals surface area (Å²) in [7, 11) is 3.82. The van der Waals surface area contributed by atoms with Crippen LogP contribution in [-0.2, 0) is 0 Å². The van der Waals surface area contributed by atoms with Gasteiger partial charge in [-0.15, -0.1) is 0 Å². The van der Waals surface area contributed by atoms with Gasteiger partial charge < -0.3 is 4.90 Å². The molecule has 0 atom stereocenters. The van der Waals surface area contributed by atoms with Crippen LogP contribution in [0.4, 0.5) is 5.82 Å². The van der Waals surface area contributed by atoms with Gasteiger partial charge in [0.25, 0.3) is 0 Å². The van der Waals surface area contributed by atoms with Gasteiger partial charge in [-0.25, -0.2) is 9.97 Å². The highest BCUT2D eigenvalue weighted by Crippen LogP contribution is 2.38. The Morgan fingerprint density at radius 3 is 2.64 bits per heavy atom. The Bertz CT molecular complexity index is 338. The summed E-state index contributed by atoms with van der Waals surface area (Å²) in [5, 5.41) is 0. The van der Waals surface area contributed by atoms with Crippen LogP contribution in [0.15, 0.2) is 6.07 Å². The lowest BCUT2D eigenvalue weighted by Gasteiger charge is -2.12. The number of aldehydes is 1. The van der Waals surface area contributed by atoms with Crippen molar-refractivity contribution in [2.75, 3.05) is 19.0 Å². The lowest BCUT2D eigenvalue weighted by molar-refractivity contribution is 0.111. The molecule has 1 saturated carbocycles. The fraction of sp³-hybridized carbons (Fsp3) is 0.500. The SMILES string of the molecule is CN(C)c1cc(C=O)nc(C2CC2)n1. The number of rotatable bonds is 3. The van der Waals surface area contributed by atoms with E-state index in [0.717, 1.165) is 30.8 Å². The van der Waals surface area contributed by atoms with Crippen molar-refractivity contribution in [2.45, 2.75) is 18.8 Å². The topological polar surface area (TPSA) is 46.1 Å². The number of nitrogens with zero attached hydrogens (tertiary/aromatic N) is 3. The smallest absolute Gasteiger partial charge is 0.168 e. The van der Waals surface area contributed by atoms with Gasteiger partial charge in [0.05, 0.1) is 0 Å². The van der Waals surface area contributed by atoms with E-state index in [9.17, 15) is 4.79 Å². The fourth-order valence-corrected chi connectivity index (χ4v) is 1.29. The summed E-state index contributed by atoms with van der Waals surface area (Å²) < 4.78 is 0. The zero-order valence-corrected chi connectivity index (χ0v) is 8.40. The lowest BCUT2D eigenvalue weighted by atomic mass is 10.3. The molecule has 14 heavy (non-hydrogen) atoms. The minimum atomic E-state index is 0.477. The molecule has 0 N–H and O–H groups in total. The van der Waals surface area contributed by atoms with Gasteiger partial charge in [0.2, 0.25) is 0 Å². The molecule has 0 bridgehead atoms. The number of hydrogen-bond donors (Lipinski definition) is 0. The summed E-state index contributed by atoms with van der Waals surface area (Å²) in [6, 6.07) is 1.71. The number of hydrogen-bond acceptors (Lipinski definition) is 4. The molecule has 0 radical (unpaired) electrons. The van der Waals surface area contributed by atoms with E-state index < -0.39 is 0 Å². The van der Waals surface area contributed by atoms with Gasteiger partial charge in [-0.05, 0) is 12.8 Å². The maximum Gasteiger partial charge on any atom is 0.168 e. The molecule has 0 unspecified atom stereocenters. The van der Waals surface area contributed by atoms with E-state index in [4.69, 9.17) is 0 Å². The van der Waals surface area contributed by atoms with Crippen LogP contribution in [0.3, 0.4) is 0 Å². The van der Waals surface area contributed by atoms with Crippen molar-refractivity contribution in [3.63, 3.8) is 0 Å². The second-order valence-corrected chi connectivity index (χ2v) is 3.80. The van der Waals surface area contributed by atoms with Crippen molar-refractivity contribution in [1.29, 1.82) is 0 Å². The number of anilines is 1. The predicted molar refractivity (Wildman–Crippen MR) is 53.7 cm³/mol.